The second-order valence-corrected chi connectivity index (χ2v) is 8.22. The molecule has 0 saturated heterocycles. The summed E-state index contributed by atoms with van der Waals surface area (Å²) >= 11 is 0. The van der Waals surface area contributed by atoms with E-state index < -0.39 is 5.91 Å². The van der Waals surface area contributed by atoms with Crippen LogP contribution in [0.1, 0.15) is 41.4 Å². The standard InChI is InChI=1S/C26H30N4O3/c27-26(32)24-17-30(19-28-24)22(18-31)12-14-29-13-11-21-9-10-23(16-25(21)29)33-15-5-4-8-20-6-2-1-3-7-20/h1-3,6-7,9-11,13,16-17,19,22,31H,4-5,8,12,14-15,18H2,(H2,27,32). The number of unbranched alkanes of at least 4 members (excludes halogenated alkanes) is 1. The number of aliphatic hydroxyl groups excluding tert-OH is 1. The highest BCUT2D eigenvalue weighted by Crippen LogP contribution is 2.24. The molecule has 1 amide bonds. The van der Waals surface area contributed by atoms with Gasteiger partial charge in [-0.1, -0.05) is 30.3 Å². The molecule has 0 fully saturated rings. The van der Waals surface area contributed by atoms with Gasteiger partial charge in [0.15, 0.2) is 0 Å². The van der Waals surface area contributed by atoms with Crippen LogP contribution >= 0.6 is 0 Å². The number of primary amides is 1. The number of fused-ring (bicyclic) bond motifs is 1. The number of imidazole rings is 1. The van der Waals surface area contributed by atoms with Crippen molar-refractivity contribution in [1.82, 2.24) is 14.1 Å². The fraction of sp³-hybridized carbons (Fsp3) is 0.308. The topological polar surface area (TPSA) is 95.3 Å². The van der Waals surface area contributed by atoms with E-state index in [0.717, 1.165) is 35.9 Å². The summed E-state index contributed by atoms with van der Waals surface area (Å²) in [5, 5.41) is 11.0. The molecule has 0 aliphatic rings. The number of amides is 1. The molecule has 0 spiro atoms. The molecule has 1 atom stereocenters. The van der Waals surface area contributed by atoms with Crippen molar-refractivity contribution in [3.05, 3.63) is 84.6 Å². The van der Waals surface area contributed by atoms with Gasteiger partial charge in [-0.15, -0.1) is 0 Å². The highest BCUT2D eigenvalue weighted by molar-refractivity contribution is 5.90. The average molecular weight is 447 g/mol. The van der Waals surface area contributed by atoms with Crippen molar-refractivity contribution in [1.29, 1.82) is 0 Å². The number of aromatic nitrogens is 3. The fourth-order valence-electron chi connectivity index (χ4n) is 4.00. The lowest BCUT2D eigenvalue weighted by Gasteiger charge is -2.16. The van der Waals surface area contributed by atoms with E-state index in [0.29, 0.717) is 19.6 Å². The van der Waals surface area contributed by atoms with E-state index in [1.54, 1.807) is 17.1 Å². The summed E-state index contributed by atoms with van der Waals surface area (Å²) in [5.74, 6) is 0.288. The molecule has 4 rings (SSSR count). The van der Waals surface area contributed by atoms with Gasteiger partial charge in [-0.25, -0.2) is 4.98 Å². The Morgan fingerprint density at radius 2 is 1.97 bits per heavy atom. The minimum atomic E-state index is -0.575. The van der Waals surface area contributed by atoms with E-state index in [-0.39, 0.29) is 18.3 Å². The lowest BCUT2D eigenvalue weighted by Crippen LogP contribution is -2.15. The van der Waals surface area contributed by atoms with Gasteiger partial charge in [0, 0.05) is 25.0 Å². The molecule has 172 valence electrons. The molecule has 2 aromatic heterocycles. The van der Waals surface area contributed by atoms with Crippen LogP contribution in [0.3, 0.4) is 0 Å². The van der Waals surface area contributed by atoms with Gasteiger partial charge in [-0.05, 0) is 54.8 Å². The lowest BCUT2D eigenvalue weighted by atomic mass is 10.1. The largest absolute Gasteiger partial charge is 0.494 e. The zero-order chi connectivity index (χ0) is 23.0. The van der Waals surface area contributed by atoms with E-state index in [2.05, 4.69) is 52.0 Å². The lowest BCUT2D eigenvalue weighted by molar-refractivity contribution is 0.0995. The first-order valence-corrected chi connectivity index (χ1v) is 11.3. The zero-order valence-electron chi connectivity index (χ0n) is 18.6. The van der Waals surface area contributed by atoms with Crippen molar-refractivity contribution in [3.63, 3.8) is 0 Å². The molecule has 0 aliphatic heterocycles. The van der Waals surface area contributed by atoms with E-state index in [4.69, 9.17) is 10.5 Å². The molecule has 4 aromatic rings. The van der Waals surface area contributed by atoms with Crippen molar-refractivity contribution < 1.29 is 14.6 Å². The molecule has 7 nitrogen and oxygen atoms in total. The highest BCUT2D eigenvalue weighted by atomic mass is 16.5. The minimum Gasteiger partial charge on any atom is -0.494 e. The number of aliphatic hydroxyl groups is 1. The van der Waals surface area contributed by atoms with Gasteiger partial charge in [0.05, 0.1) is 31.1 Å². The van der Waals surface area contributed by atoms with Gasteiger partial charge >= 0.3 is 0 Å². The Kier molecular flexibility index (Phi) is 7.42. The summed E-state index contributed by atoms with van der Waals surface area (Å²) in [6.45, 7) is 1.35. The zero-order valence-corrected chi connectivity index (χ0v) is 18.6. The number of hydrogen-bond acceptors (Lipinski definition) is 4. The maximum Gasteiger partial charge on any atom is 0.268 e. The molecular formula is C26H30N4O3. The van der Waals surface area contributed by atoms with E-state index in [9.17, 15) is 9.90 Å². The summed E-state index contributed by atoms with van der Waals surface area (Å²) in [5.41, 5.74) is 7.94. The third kappa shape index (κ3) is 5.81. The normalized spacial score (nSPS) is 12.2. The Morgan fingerprint density at radius 3 is 2.73 bits per heavy atom. The number of hydrogen-bond donors (Lipinski definition) is 2. The predicted molar refractivity (Wildman–Crippen MR) is 128 cm³/mol. The van der Waals surface area contributed by atoms with E-state index >= 15 is 0 Å². The molecule has 2 aromatic carbocycles. The monoisotopic (exact) mass is 446 g/mol. The maximum atomic E-state index is 11.3. The van der Waals surface area contributed by atoms with Crippen LogP contribution in [0.5, 0.6) is 5.75 Å². The highest BCUT2D eigenvalue weighted by Gasteiger charge is 2.14. The first-order chi connectivity index (χ1) is 16.1. The van der Waals surface area contributed by atoms with Crippen LogP contribution in [0.4, 0.5) is 0 Å². The first-order valence-electron chi connectivity index (χ1n) is 11.3. The predicted octanol–water partition coefficient (Wildman–Crippen LogP) is 3.96. The molecule has 2 heterocycles. The van der Waals surface area contributed by atoms with Crippen molar-refractivity contribution in [3.8, 4) is 5.75 Å². The molecule has 0 bridgehead atoms. The molecule has 0 radical (unpaired) electrons. The number of rotatable bonds is 12. The third-order valence-corrected chi connectivity index (χ3v) is 5.91. The van der Waals surface area contributed by atoms with Crippen molar-refractivity contribution in [2.75, 3.05) is 13.2 Å². The fourth-order valence-corrected chi connectivity index (χ4v) is 4.00. The summed E-state index contributed by atoms with van der Waals surface area (Å²) in [6.07, 6.45) is 9.02. The second kappa shape index (κ2) is 10.8. The second-order valence-electron chi connectivity index (χ2n) is 8.22. The molecular weight excluding hydrogens is 416 g/mol. The quantitative estimate of drug-likeness (QED) is 0.322. The van der Waals surface area contributed by atoms with Crippen molar-refractivity contribution in [2.24, 2.45) is 5.73 Å². The van der Waals surface area contributed by atoms with Crippen LogP contribution in [-0.2, 0) is 13.0 Å². The summed E-state index contributed by atoms with van der Waals surface area (Å²) in [6, 6.07) is 18.6. The number of nitrogens with two attached hydrogens (primary N) is 1. The smallest absolute Gasteiger partial charge is 0.268 e. The molecule has 1 unspecified atom stereocenters. The van der Waals surface area contributed by atoms with Gasteiger partial charge < -0.3 is 24.7 Å². The molecule has 0 aliphatic carbocycles. The van der Waals surface area contributed by atoms with Gasteiger partial charge in [-0.2, -0.15) is 0 Å². The maximum absolute atomic E-state index is 11.3. The minimum absolute atomic E-state index is 0.0505. The number of ether oxygens (including phenoxy) is 1. The summed E-state index contributed by atoms with van der Waals surface area (Å²) < 4.78 is 9.91. The van der Waals surface area contributed by atoms with Crippen LogP contribution < -0.4 is 10.5 Å². The molecule has 3 N–H and O–H groups in total. The number of carbonyl (C=O) groups excluding carboxylic acids is 1. The molecule has 0 saturated carbocycles. The summed E-state index contributed by atoms with van der Waals surface area (Å²) in [7, 11) is 0. The molecule has 7 heteroatoms. The van der Waals surface area contributed by atoms with Gasteiger partial charge in [-0.3, -0.25) is 4.79 Å². The van der Waals surface area contributed by atoms with Gasteiger partial charge in [0.25, 0.3) is 5.91 Å². The Hall–Kier alpha value is -3.58. The van der Waals surface area contributed by atoms with Crippen molar-refractivity contribution >= 4 is 16.8 Å². The van der Waals surface area contributed by atoms with Crippen LogP contribution in [0.25, 0.3) is 10.9 Å². The van der Waals surface area contributed by atoms with Crippen LogP contribution in [0.15, 0.2) is 73.3 Å². The average Bonchev–Trinajstić information content (AvgIpc) is 3.48. The van der Waals surface area contributed by atoms with E-state index in [1.165, 1.54) is 5.56 Å². The Labute approximate surface area is 193 Å². The SMILES string of the molecule is NC(=O)c1cn(C(CO)CCn2ccc3ccc(OCCCCc4ccccc4)cc32)cn1. The van der Waals surface area contributed by atoms with Crippen LogP contribution in [0.2, 0.25) is 0 Å². The van der Waals surface area contributed by atoms with Gasteiger partial charge in [0.1, 0.15) is 11.4 Å². The third-order valence-electron chi connectivity index (χ3n) is 5.91. The Bertz CT molecular complexity index is 1180. The van der Waals surface area contributed by atoms with E-state index in [1.807, 2.05) is 18.3 Å². The number of aryl methyl sites for hydroxylation is 2. The summed E-state index contributed by atoms with van der Waals surface area (Å²) in [4.78, 5) is 15.3. The Balaban J connectivity index is 1.32. The van der Waals surface area contributed by atoms with Crippen molar-refractivity contribution in [2.45, 2.75) is 38.3 Å². The number of carbonyl (C=O) groups is 1. The number of nitrogens with zero attached hydrogens (tertiary/aromatic N) is 3. The first kappa shape index (κ1) is 22.6. The Morgan fingerprint density at radius 1 is 1.12 bits per heavy atom. The number of benzene rings is 2. The van der Waals surface area contributed by atoms with Crippen LogP contribution in [-0.4, -0.2) is 38.3 Å². The molecule has 33 heavy (non-hydrogen) atoms. The van der Waals surface area contributed by atoms with Gasteiger partial charge in [0.2, 0.25) is 0 Å². The van der Waals surface area contributed by atoms with Crippen LogP contribution in [0, 0.1) is 0 Å².